The Morgan fingerprint density at radius 1 is 0.871 bits per heavy atom. The van der Waals surface area contributed by atoms with Gasteiger partial charge in [0, 0.05) is 30.6 Å². The number of amides is 2. The lowest BCUT2D eigenvalue weighted by Crippen LogP contribution is -2.26. The van der Waals surface area contributed by atoms with Crippen LogP contribution in [0.15, 0.2) is 72.8 Å². The molecule has 31 heavy (non-hydrogen) atoms. The molecule has 0 atom stereocenters. The van der Waals surface area contributed by atoms with Crippen molar-refractivity contribution in [3.05, 3.63) is 101 Å². The molecular weight excluding hydrogens is 395 g/mol. The molecule has 1 heterocycles. The Balaban J connectivity index is 1.26. The van der Waals surface area contributed by atoms with E-state index < -0.39 is 0 Å². The van der Waals surface area contributed by atoms with Crippen molar-refractivity contribution in [2.24, 2.45) is 0 Å². The zero-order valence-corrected chi connectivity index (χ0v) is 16.7. The molecule has 156 valence electrons. The van der Waals surface area contributed by atoms with Gasteiger partial charge in [0.15, 0.2) is 0 Å². The van der Waals surface area contributed by atoms with Crippen LogP contribution in [0.2, 0.25) is 0 Å². The van der Waals surface area contributed by atoms with Crippen LogP contribution in [0.3, 0.4) is 0 Å². The number of hydrogen-bond donors (Lipinski definition) is 3. The monoisotopic (exact) mass is 416 g/mol. The van der Waals surface area contributed by atoms with E-state index in [0.29, 0.717) is 47.5 Å². The van der Waals surface area contributed by atoms with Crippen LogP contribution >= 0.6 is 0 Å². The fourth-order valence-electron chi connectivity index (χ4n) is 3.20. The molecule has 0 aliphatic rings. The molecule has 0 saturated carbocycles. The van der Waals surface area contributed by atoms with Crippen molar-refractivity contribution in [3.8, 4) is 0 Å². The Hall–Kier alpha value is -4.00. The third-order valence-corrected chi connectivity index (χ3v) is 4.85. The van der Waals surface area contributed by atoms with Gasteiger partial charge in [-0.25, -0.2) is 9.37 Å². The first-order chi connectivity index (χ1) is 15.1. The number of rotatable bonds is 7. The van der Waals surface area contributed by atoms with Gasteiger partial charge in [-0.3, -0.25) is 9.59 Å². The number of halogens is 1. The number of aromatic nitrogens is 2. The summed E-state index contributed by atoms with van der Waals surface area (Å²) in [6, 6.07) is 20.5. The largest absolute Gasteiger partial charge is 0.352 e. The number of hydrogen-bond acceptors (Lipinski definition) is 3. The topological polar surface area (TPSA) is 86.9 Å². The maximum atomic E-state index is 13.3. The van der Waals surface area contributed by atoms with Crippen molar-refractivity contribution in [1.82, 2.24) is 20.6 Å². The summed E-state index contributed by atoms with van der Waals surface area (Å²) in [6.45, 7) is 0.776. The zero-order chi connectivity index (χ0) is 21.6. The minimum Gasteiger partial charge on any atom is -0.352 e. The number of imidazole rings is 1. The molecule has 6 nitrogen and oxygen atoms in total. The molecule has 7 heteroatoms. The smallest absolute Gasteiger partial charge is 0.251 e. The summed E-state index contributed by atoms with van der Waals surface area (Å²) in [4.78, 5) is 31.9. The summed E-state index contributed by atoms with van der Waals surface area (Å²) in [6.07, 6.45) is 0.506. The van der Waals surface area contributed by atoms with Crippen molar-refractivity contribution in [1.29, 1.82) is 0 Å². The van der Waals surface area contributed by atoms with Crippen LogP contribution in [-0.2, 0) is 13.0 Å². The van der Waals surface area contributed by atoms with Gasteiger partial charge in [0.1, 0.15) is 11.6 Å². The molecule has 3 aromatic carbocycles. The number of nitrogens with one attached hydrogen (secondary N) is 3. The molecule has 4 rings (SSSR count). The summed E-state index contributed by atoms with van der Waals surface area (Å²) >= 11 is 0. The van der Waals surface area contributed by atoms with Crippen molar-refractivity contribution < 1.29 is 14.0 Å². The van der Waals surface area contributed by atoms with Crippen LogP contribution in [0.4, 0.5) is 4.39 Å². The Kier molecular flexibility index (Phi) is 6.03. The Bertz CT molecular complexity index is 1200. The maximum Gasteiger partial charge on any atom is 0.251 e. The minimum absolute atomic E-state index is 0.143. The molecule has 0 radical (unpaired) electrons. The van der Waals surface area contributed by atoms with E-state index in [-0.39, 0.29) is 17.6 Å². The van der Waals surface area contributed by atoms with Gasteiger partial charge in [0.2, 0.25) is 0 Å². The van der Waals surface area contributed by atoms with Gasteiger partial charge in [-0.05, 0) is 48.0 Å². The van der Waals surface area contributed by atoms with E-state index in [9.17, 15) is 14.0 Å². The van der Waals surface area contributed by atoms with E-state index in [2.05, 4.69) is 20.6 Å². The highest BCUT2D eigenvalue weighted by Crippen LogP contribution is 2.13. The number of carbonyl (C=O) groups is 2. The van der Waals surface area contributed by atoms with Gasteiger partial charge in [0.05, 0.1) is 11.0 Å². The lowest BCUT2D eigenvalue weighted by Gasteiger charge is -2.07. The SMILES string of the molecule is O=C(NCCc1nc2ccc(F)cc2[nH]1)c1ccc(CNC(=O)c2ccccc2)cc1. The molecular formula is C24H21FN4O2. The van der Waals surface area contributed by atoms with Crippen LogP contribution in [0.1, 0.15) is 32.1 Å². The molecule has 2 amide bonds. The van der Waals surface area contributed by atoms with Gasteiger partial charge in [-0.1, -0.05) is 30.3 Å². The lowest BCUT2D eigenvalue weighted by molar-refractivity contribution is 0.0943. The van der Waals surface area contributed by atoms with Crippen LogP contribution in [0.25, 0.3) is 11.0 Å². The predicted molar refractivity (Wildman–Crippen MR) is 116 cm³/mol. The van der Waals surface area contributed by atoms with Gasteiger partial charge >= 0.3 is 0 Å². The summed E-state index contributed by atoms with van der Waals surface area (Å²) in [7, 11) is 0. The van der Waals surface area contributed by atoms with E-state index in [4.69, 9.17) is 0 Å². The minimum atomic E-state index is -0.320. The van der Waals surface area contributed by atoms with Crippen LogP contribution < -0.4 is 10.6 Å². The molecule has 0 saturated heterocycles. The number of aromatic amines is 1. The predicted octanol–water partition coefficient (Wildman–Crippen LogP) is 3.60. The van der Waals surface area contributed by atoms with Crippen molar-refractivity contribution in [2.45, 2.75) is 13.0 Å². The van der Waals surface area contributed by atoms with E-state index in [1.165, 1.54) is 12.1 Å². The molecule has 0 aliphatic carbocycles. The maximum absolute atomic E-state index is 13.3. The van der Waals surface area contributed by atoms with Gasteiger partial charge in [-0.2, -0.15) is 0 Å². The first kappa shape index (κ1) is 20.3. The second-order valence-electron chi connectivity index (χ2n) is 7.10. The summed E-state index contributed by atoms with van der Waals surface area (Å²) in [5.41, 5.74) is 3.36. The highest BCUT2D eigenvalue weighted by Gasteiger charge is 2.08. The third-order valence-electron chi connectivity index (χ3n) is 4.85. The normalized spacial score (nSPS) is 10.7. The average Bonchev–Trinajstić information content (AvgIpc) is 3.20. The molecule has 4 aromatic rings. The molecule has 0 fully saturated rings. The summed E-state index contributed by atoms with van der Waals surface area (Å²) in [5, 5.41) is 5.71. The van der Waals surface area contributed by atoms with Crippen LogP contribution in [-0.4, -0.2) is 28.3 Å². The van der Waals surface area contributed by atoms with Crippen LogP contribution in [0.5, 0.6) is 0 Å². The van der Waals surface area contributed by atoms with E-state index in [1.807, 2.05) is 30.3 Å². The summed E-state index contributed by atoms with van der Waals surface area (Å²) < 4.78 is 13.3. The first-order valence-corrected chi connectivity index (χ1v) is 9.93. The third kappa shape index (κ3) is 5.14. The molecule has 0 unspecified atom stereocenters. The van der Waals surface area contributed by atoms with Gasteiger partial charge in [-0.15, -0.1) is 0 Å². The second-order valence-corrected chi connectivity index (χ2v) is 7.10. The van der Waals surface area contributed by atoms with Gasteiger partial charge in [0.25, 0.3) is 11.8 Å². The van der Waals surface area contributed by atoms with E-state index in [1.54, 1.807) is 30.3 Å². The van der Waals surface area contributed by atoms with Crippen LogP contribution in [0, 0.1) is 5.82 Å². The molecule has 0 spiro atoms. The Morgan fingerprint density at radius 3 is 2.35 bits per heavy atom. The average molecular weight is 416 g/mol. The molecule has 1 aromatic heterocycles. The van der Waals surface area contributed by atoms with E-state index in [0.717, 1.165) is 5.56 Å². The quantitative estimate of drug-likeness (QED) is 0.430. The fraction of sp³-hybridized carbons (Fsp3) is 0.125. The summed E-state index contributed by atoms with van der Waals surface area (Å²) in [5.74, 6) is 0.0299. The molecule has 0 aliphatic heterocycles. The highest BCUT2D eigenvalue weighted by molar-refractivity contribution is 5.95. The van der Waals surface area contributed by atoms with Crippen molar-refractivity contribution in [3.63, 3.8) is 0 Å². The lowest BCUT2D eigenvalue weighted by atomic mass is 10.1. The molecule has 3 N–H and O–H groups in total. The highest BCUT2D eigenvalue weighted by atomic mass is 19.1. The van der Waals surface area contributed by atoms with Crippen molar-refractivity contribution >= 4 is 22.8 Å². The molecule has 0 bridgehead atoms. The number of carbonyl (C=O) groups excluding carboxylic acids is 2. The number of benzene rings is 3. The zero-order valence-electron chi connectivity index (χ0n) is 16.7. The standard InChI is InChI=1S/C24H21FN4O2/c25-19-10-11-20-21(14-19)29-22(28-20)12-13-26-23(30)18-8-6-16(7-9-18)15-27-24(31)17-4-2-1-3-5-17/h1-11,14H,12-13,15H2,(H,26,30)(H,27,31)(H,28,29). The first-order valence-electron chi connectivity index (χ1n) is 9.93. The fourth-order valence-corrected chi connectivity index (χ4v) is 3.20. The number of H-pyrrole nitrogens is 1. The van der Waals surface area contributed by atoms with E-state index >= 15 is 0 Å². The van der Waals surface area contributed by atoms with Gasteiger partial charge < -0.3 is 15.6 Å². The van der Waals surface area contributed by atoms with Crippen molar-refractivity contribution in [2.75, 3.05) is 6.54 Å². The Labute approximate surface area is 178 Å². The number of fused-ring (bicyclic) bond motifs is 1. The Morgan fingerprint density at radius 2 is 1.58 bits per heavy atom. The number of nitrogens with zero attached hydrogens (tertiary/aromatic N) is 1. The second kappa shape index (κ2) is 9.21.